The predicted octanol–water partition coefficient (Wildman–Crippen LogP) is 0.271. The van der Waals surface area contributed by atoms with Gasteiger partial charge in [-0.2, -0.15) is 4.98 Å². The molecule has 4 aromatic rings. The number of rotatable bonds is 4. The maximum atomic E-state index is 12.2. The Balaban J connectivity index is 1.78. The quantitative estimate of drug-likeness (QED) is 0.582. The first-order valence-electron chi connectivity index (χ1n) is 7.69. The lowest BCUT2D eigenvalue weighted by Gasteiger charge is -2.06. The van der Waals surface area contributed by atoms with Crippen molar-refractivity contribution in [3.05, 3.63) is 51.4 Å². The van der Waals surface area contributed by atoms with Crippen LogP contribution in [0.1, 0.15) is 12.1 Å². The fourth-order valence-corrected chi connectivity index (χ4v) is 3.02. The van der Waals surface area contributed by atoms with Gasteiger partial charge in [-0.3, -0.25) is 18.7 Å². The van der Waals surface area contributed by atoms with Crippen LogP contribution < -0.4 is 11.2 Å². The van der Waals surface area contributed by atoms with Gasteiger partial charge >= 0.3 is 5.69 Å². The van der Waals surface area contributed by atoms with E-state index < -0.39 is 11.2 Å². The largest absolute Gasteiger partial charge is 0.337 e. The number of aromatic nitrogens is 7. The molecule has 9 heteroatoms. The number of nitrogens with zero attached hydrogens (tertiary/aromatic N) is 6. The second-order valence-electron chi connectivity index (χ2n) is 5.85. The summed E-state index contributed by atoms with van der Waals surface area (Å²) in [6.45, 7) is 3.59. The number of fused-ring (bicyclic) bond motifs is 3. The number of imidazole rings is 3. The van der Waals surface area contributed by atoms with E-state index in [1.165, 1.54) is 4.57 Å². The van der Waals surface area contributed by atoms with Crippen LogP contribution in [-0.4, -0.2) is 33.1 Å². The first kappa shape index (κ1) is 14.5. The summed E-state index contributed by atoms with van der Waals surface area (Å²) in [5.74, 6) is 0.667. The molecule has 1 N–H and O–H groups in total. The number of nitrogens with one attached hydrogen (secondary N) is 1. The Morgan fingerprint density at radius 1 is 1.25 bits per heavy atom. The third-order valence-corrected chi connectivity index (χ3v) is 4.27. The molecule has 0 aromatic carbocycles. The van der Waals surface area contributed by atoms with E-state index in [-0.39, 0.29) is 0 Å². The number of aryl methyl sites for hydroxylation is 4. The van der Waals surface area contributed by atoms with E-state index in [1.54, 1.807) is 24.0 Å². The van der Waals surface area contributed by atoms with Crippen molar-refractivity contribution >= 4 is 16.9 Å². The van der Waals surface area contributed by atoms with E-state index in [2.05, 4.69) is 19.5 Å². The third-order valence-electron chi connectivity index (χ3n) is 4.27. The van der Waals surface area contributed by atoms with Gasteiger partial charge in [-0.15, -0.1) is 0 Å². The van der Waals surface area contributed by atoms with Crippen molar-refractivity contribution in [3.63, 3.8) is 0 Å². The fourth-order valence-electron chi connectivity index (χ4n) is 3.02. The molecule has 0 aliphatic heterocycles. The number of hydrogen-bond acceptors (Lipinski definition) is 4. The van der Waals surface area contributed by atoms with Crippen LogP contribution in [-0.2, 0) is 20.1 Å². The average molecular weight is 327 g/mol. The van der Waals surface area contributed by atoms with E-state index in [0.29, 0.717) is 16.9 Å². The molecule has 0 saturated carbocycles. The summed E-state index contributed by atoms with van der Waals surface area (Å²) in [4.78, 5) is 34.8. The van der Waals surface area contributed by atoms with Gasteiger partial charge < -0.3 is 9.13 Å². The van der Waals surface area contributed by atoms with Gasteiger partial charge in [-0.05, 0) is 13.3 Å². The average Bonchev–Trinajstić information content (AvgIpc) is 3.23. The van der Waals surface area contributed by atoms with E-state index >= 15 is 0 Å². The summed E-state index contributed by atoms with van der Waals surface area (Å²) in [7, 11) is 1.60. The van der Waals surface area contributed by atoms with Crippen molar-refractivity contribution in [2.24, 2.45) is 7.05 Å². The Morgan fingerprint density at radius 2 is 2.08 bits per heavy atom. The second kappa shape index (κ2) is 5.22. The zero-order chi connectivity index (χ0) is 16.8. The molecule has 0 unspecified atom stereocenters. The van der Waals surface area contributed by atoms with E-state index in [0.717, 1.165) is 25.2 Å². The third kappa shape index (κ3) is 2.08. The summed E-state index contributed by atoms with van der Waals surface area (Å²) >= 11 is 0. The highest BCUT2D eigenvalue weighted by Gasteiger charge is 2.17. The van der Waals surface area contributed by atoms with Crippen LogP contribution in [0.25, 0.3) is 16.9 Å². The van der Waals surface area contributed by atoms with Crippen molar-refractivity contribution < 1.29 is 0 Å². The van der Waals surface area contributed by atoms with Gasteiger partial charge in [-0.25, -0.2) is 9.78 Å². The molecule has 0 aliphatic rings. The van der Waals surface area contributed by atoms with Crippen LogP contribution >= 0.6 is 0 Å². The van der Waals surface area contributed by atoms with Crippen LogP contribution in [0, 0.1) is 6.92 Å². The predicted molar refractivity (Wildman–Crippen MR) is 88.1 cm³/mol. The van der Waals surface area contributed by atoms with E-state index in [1.807, 2.05) is 23.9 Å². The highest BCUT2D eigenvalue weighted by atomic mass is 16.2. The van der Waals surface area contributed by atoms with E-state index in [4.69, 9.17) is 0 Å². The van der Waals surface area contributed by atoms with Crippen LogP contribution in [0.4, 0.5) is 0 Å². The molecule has 9 nitrogen and oxygen atoms in total. The summed E-state index contributed by atoms with van der Waals surface area (Å²) in [5.41, 5.74) is 0.914. The molecule has 0 aliphatic carbocycles. The maximum absolute atomic E-state index is 12.2. The molecule has 124 valence electrons. The van der Waals surface area contributed by atoms with Crippen molar-refractivity contribution in [1.29, 1.82) is 0 Å². The molecule has 0 bridgehead atoms. The van der Waals surface area contributed by atoms with Gasteiger partial charge in [0, 0.05) is 44.4 Å². The summed E-state index contributed by atoms with van der Waals surface area (Å²) < 4.78 is 7.18. The first-order chi connectivity index (χ1) is 11.6. The van der Waals surface area contributed by atoms with Gasteiger partial charge in [0.2, 0.25) is 5.78 Å². The normalized spacial score (nSPS) is 11.8. The van der Waals surface area contributed by atoms with Crippen LogP contribution in [0.3, 0.4) is 0 Å². The van der Waals surface area contributed by atoms with Crippen molar-refractivity contribution in [1.82, 2.24) is 33.1 Å². The van der Waals surface area contributed by atoms with Gasteiger partial charge in [-0.1, -0.05) is 0 Å². The fraction of sp³-hybridized carbons (Fsp3) is 0.333. The molecule has 4 aromatic heterocycles. The molecule has 0 fully saturated rings. The Kier molecular flexibility index (Phi) is 3.15. The van der Waals surface area contributed by atoms with Gasteiger partial charge in [0.05, 0.1) is 6.33 Å². The smallest absolute Gasteiger partial charge is 0.329 e. The summed E-state index contributed by atoms with van der Waals surface area (Å²) in [5, 5.41) is 0. The number of aromatic amines is 1. The molecule has 0 atom stereocenters. The molecular formula is C15H17N7O2. The lowest BCUT2D eigenvalue weighted by molar-refractivity contribution is 0.564. The minimum Gasteiger partial charge on any atom is -0.337 e. The highest BCUT2D eigenvalue weighted by Crippen LogP contribution is 2.16. The molecule has 24 heavy (non-hydrogen) atoms. The van der Waals surface area contributed by atoms with E-state index in [9.17, 15) is 9.59 Å². The van der Waals surface area contributed by atoms with Crippen LogP contribution in [0.5, 0.6) is 0 Å². The van der Waals surface area contributed by atoms with Crippen molar-refractivity contribution in [2.45, 2.75) is 26.4 Å². The second-order valence-corrected chi connectivity index (χ2v) is 5.85. The van der Waals surface area contributed by atoms with Crippen molar-refractivity contribution in [3.8, 4) is 0 Å². The zero-order valence-electron chi connectivity index (χ0n) is 13.4. The highest BCUT2D eigenvalue weighted by molar-refractivity contribution is 5.75. The Hall–Kier alpha value is -3.10. The van der Waals surface area contributed by atoms with Gasteiger partial charge in [0.1, 0.15) is 0 Å². The minimum absolute atomic E-state index is 0.391. The first-order valence-corrected chi connectivity index (χ1v) is 7.69. The topological polar surface area (TPSA) is 94.9 Å². The summed E-state index contributed by atoms with van der Waals surface area (Å²) in [6, 6.07) is 0. The van der Waals surface area contributed by atoms with Gasteiger partial charge in [0.15, 0.2) is 11.2 Å². The molecule has 4 rings (SSSR count). The minimum atomic E-state index is -0.461. The molecular weight excluding hydrogens is 310 g/mol. The Morgan fingerprint density at radius 3 is 2.83 bits per heavy atom. The molecule has 0 radical (unpaired) electrons. The lowest BCUT2D eigenvalue weighted by atomic mass is 10.4. The number of H-pyrrole nitrogens is 1. The Bertz CT molecular complexity index is 1140. The zero-order valence-corrected chi connectivity index (χ0v) is 13.4. The SMILES string of the molecule is Cc1cn2c3c(=O)[nH]c(=O)n(C)c3nc2n1CCCn1ccnc1. The standard InChI is InChI=1S/C15H17N7O2/c1-10-8-22-11-12(19(2)15(24)18-13(11)23)17-14(22)21(10)6-3-5-20-7-4-16-9-20/h4,7-9H,3,5-6H2,1-2H3,(H,18,23,24). The molecule has 0 amide bonds. The number of hydrogen-bond donors (Lipinski definition) is 1. The molecule has 0 spiro atoms. The Labute approximate surface area is 135 Å². The lowest BCUT2D eigenvalue weighted by Crippen LogP contribution is -2.28. The summed E-state index contributed by atoms with van der Waals surface area (Å²) in [6.07, 6.45) is 8.25. The van der Waals surface area contributed by atoms with Crippen LogP contribution in [0.2, 0.25) is 0 Å². The van der Waals surface area contributed by atoms with Crippen molar-refractivity contribution in [2.75, 3.05) is 0 Å². The monoisotopic (exact) mass is 327 g/mol. The maximum Gasteiger partial charge on any atom is 0.329 e. The van der Waals surface area contributed by atoms with Gasteiger partial charge in [0.25, 0.3) is 5.56 Å². The molecule has 0 saturated heterocycles. The molecule has 4 heterocycles. The van der Waals surface area contributed by atoms with Crippen LogP contribution in [0.15, 0.2) is 34.5 Å².